The first-order valence-electron chi connectivity index (χ1n) is 5.85. The maximum atomic E-state index is 12.4. The topological polar surface area (TPSA) is 72.9 Å². The Morgan fingerprint density at radius 3 is 2.58 bits per heavy atom. The van der Waals surface area contributed by atoms with Crippen LogP contribution < -0.4 is 11.1 Å². The number of alkyl halides is 3. The van der Waals surface area contributed by atoms with Crippen LogP contribution in [0, 0.1) is 0 Å². The summed E-state index contributed by atoms with van der Waals surface area (Å²) in [5.41, 5.74) is 4.41. The third kappa shape index (κ3) is 4.90. The fourth-order valence-corrected chi connectivity index (χ4v) is 1.60. The van der Waals surface area contributed by atoms with E-state index in [9.17, 15) is 18.0 Å². The molecule has 1 unspecified atom stereocenters. The fourth-order valence-electron chi connectivity index (χ4n) is 1.60. The molecule has 19 heavy (non-hydrogen) atoms. The zero-order chi connectivity index (χ0) is 14.6. The van der Waals surface area contributed by atoms with Crippen molar-refractivity contribution in [3.05, 3.63) is 18.0 Å². The van der Waals surface area contributed by atoms with Gasteiger partial charge in [-0.15, -0.1) is 0 Å². The molecule has 1 atom stereocenters. The molecular formula is C11H17F3N4O. The molecule has 1 amide bonds. The van der Waals surface area contributed by atoms with E-state index in [1.807, 2.05) is 13.8 Å². The molecule has 0 bridgehead atoms. The number of nitrogens with two attached hydrogens (primary N) is 1. The average Bonchev–Trinajstić information content (AvgIpc) is 2.71. The van der Waals surface area contributed by atoms with Gasteiger partial charge >= 0.3 is 6.18 Å². The molecule has 1 aromatic heterocycles. The van der Waals surface area contributed by atoms with Crippen LogP contribution in [0.25, 0.3) is 0 Å². The van der Waals surface area contributed by atoms with E-state index in [0.29, 0.717) is 0 Å². The third-order valence-corrected chi connectivity index (χ3v) is 2.49. The quantitative estimate of drug-likeness (QED) is 0.819. The lowest BCUT2D eigenvalue weighted by molar-refractivity contribution is -0.137. The van der Waals surface area contributed by atoms with Crippen molar-refractivity contribution in [2.24, 2.45) is 5.73 Å². The van der Waals surface area contributed by atoms with Crippen LogP contribution in [0.15, 0.2) is 12.4 Å². The van der Waals surface area contributed by atoms with Gasteiger partial charge in [-0.2, -0.15) is 18.3 Å². The summed E-state index contributed by atoms with van der Waals surface area (Å²) >= 11 is 0. The first-order valence-corrected chi connectivity index (χ1v) is 5.85. The molecule has 0 radical (unpaired) electrons. The molecule has 0 spiro atoms. The minimum atomic E-state index is -4.41. The molecule has 1 heterocycles. The van der Waals surface area contributed by atoms with E-state index in [2.05, 4.69) is 10.4 Å². The van der Waals surface area contributed by atoms with Crippen molar-refractivity contribution < 1.29 is 18.0 Å². The number of aryl methyl sites for hydroxylation is 1. The summed E-state index contributed by atoms with van der Waals surface area (Å²) in [5.74, 6) is -0.531. The summed E-state index contributed by atoms with van der Waals surface area (Å²) in [7, 11) is 0. The largest absolute Gasteiger partial charge is 0.419 e. The Morgan fingerprint density at radius 1 is 1.53 bits per heavy atom. The number of rotatable bonds is 6. The summed E-state index contributed by atoms with van der Waals surface area (Å²) in [6, 6.07) is -0.528. The molecular weight excluding hydrogens is 261 g/mol. The molecule has 8 heteroatoms. The molecule has 0 saturated carbocycles. The van der Waals surface area contributed by atoms with Crippen molar-refractivity contribution in [1.29, 1.82) is 0 Å². The lowest BCUT2D eigenvalue weighted by atomic mass is 10.1. The Balaban J connectivity index is 2.60. The lowest BCUT2D eigenvalue weighted by Gasteiger charge is -2.17. The molecule has 0 aromatic carbocycles. The highest BCUT2D eigenvalue weighted by molar-refractivity contribution is 5.79. The van der Waals surface area contributed by atoms with Gasteiger partial charge in [0.2, 0.25) is 5.91 Å². The minimum Gasteiger partial charge on any atom is -0.368 e. The smallest absolute Gasteiger partial charge is 0.368 e. The van der Waals surface area contributed by atoms with Gasteiger partial charge in [-0.25, -0.2) is 0 Å². The van der Waals surface area contributed by atoms with E-state index in [1.54, 1.807) is 0 Å². The van der Waals surface area contributed by atoms with Crippen LogP contribution >= 0.6 is 0 Å². The van der Waals surface area contributed by atoms with Gasteiger partial charge < -0.3 is 11.1 Å². The molecule has 0 fully saturated rings. The predicted octanol–water partition coefficient (Wildman–Crippen LogP) is 1.14. The first kappa shape index (κ1) is 15.5. The number of amides is 1. The zero-order valence-corrected chi connectivity index (χ0v) is 10.7. The highest BCUT2D eigenvalue weighted by atomic mass is 19.4. The Bertz CT molecular complexity index is 428. The second-order valence-electron chi connectivity index (χ2n) is 4.55. The number of hydrogen-bond donors (Lipinski definition) is 2. The van der Waals surface area contributed by atoms with Crippen molar-refractivity contribution >= 4 is 5.91 Å². The number of halogens is 3. The van der Waals surface area contributed by atoms with E-state index < -0.39 is 23.7 Å². The van der Waals surface area contributed by atoms with Gasteiger partial charge in [0, 0.05) is 18.8 Å². The minimum absolute atomic E-state index is 0.0563. The average molecular weight is 278 g/mol. The Labute approximate surface area is 109 Å². The summed E-state index contributed by atoms with van der Waals surface area (Å²) in [4.78, 5) is 11.2. The van der Waals surface area contributed by atoms with Crippen LogP contribution in [0.1, 0.15) is 25.8 Å². The predicted molar refractivity (Wildman–Crippen MR) is 63.1 cm³/mol. The van der Waals surface area contributed by atoms with Crippen LogP contribution in [0.3, 0.4) is 0 Å². The van der Waals surface area contributed by atoms with E-state index in [4.69, 9.17) is 5.73 Å². The van der Waals surface area contributed by atoms with Gasteiger partial charge in [-0.3, -0.25) is 9.48 Å². The van der Waals surface area contributed by atoms with Crippen LogP contribution in [0.5, 0.6) is 0 Å². The molecule has 0 saturated heterocycles. The Hall–Kier alpha value is -1.57. The van der Waals surface area contributed by atoms with E-state index in [0.717, 1.165) is 17.1 Å². The van der Waals surface area contributed by atoms with Crippen LogP contribution in [-0.2, 0) is 17.5 Å². The summed E-state index contributed by atoms with van der Waals surface area (Å²) in [6.07, 6.45) is -2.45. The standard InChI is InChI=1S/C11H17F3N4O/c1-7(2)17-9(10(15)19)3-4-18-6-8(5-16-18)11(12,13)14/h5-7,9,17H,3-4H2,1-2H3,(H2,15,19). The molecule has 0 aliphatic rings. The summed E-state index contributed by atoms with van der Waals surface area (Å²) in [6.45, 7) is 3.89. The van der Waals surface area contributed by atoms with Crippen molar-refractivity contribution in [1.82, 2.24) is 15.1 Å². The van der Waals surface area contributed by atoms with Crippen molar-refractivity contribution in [3.63, 3.8) is 0 Å². The van der Waals surface area contributed by atoms with E-state index in [1.165, 1.54) is 0 Å². The Morgan fingerprint density at radius 2 is 2.16 bits per heavy atom. The molecule has 1 aromatic rings. The molecule has 3 N–H and O–H groups in total. The molecule has 0 aliphatic carbocycles. The number of nitrogens with one attached hydrogen (secondary N) is 1. The molecule has 108 valence electrons. The summed E-state index contributed by atoms with van der Waals surface area (Å²) in [5, 5.41) is 6.56. The lowest BCUT2D eigenvalue weighted by Crippen LogP contribution is -2.45. The van der Waals surface area contributed by atoms with Crippen molar-refractivity contribution in [2.45, 2.75) is 45.1 Å². The molecule has 1 rings (SSSR count). The highest BCUT2D eigenvalue weighted by Crippen LogP contribution is 2.28. The SMILES string of the molecule is CC(C)NC(CCn1cc(C(F)(F)F)cn1)C(N)=O. The Kier molecular flexibility index (Phi) is 4.93. The van der Waals surface area contributed by atoms with Crippen LogP contribution in [0.4, 0.5) is 13.2 Å². The van der Waals surface area contributed by atoms with Gasteiger partial charge in [0.25, 0.3) is 0 Å². The van der Waals surface area contributed by atoms with E-state index in [-0.39, 0.29) is 19.0 Å². The second kappa shape index (κ2) is 6.05. The normalized spacial score (nSPS) is 13.8. The number of nitrogens with zero attached hydrogens (tertiary/aromatic N) is 2. The number of hydrogen-bond acceptors (Lipinski definition) is 3. The monoisotopic (exact) mass is 278 g/mol. The first-order chi connectivity index (χ1) is 8.70. The second-order valence-corrected chi connectivity index (χ2v) is 4.55. The van der Waals surface area contributed by atoms with Gasteiger partial charge in [-0.1, -0.05) is 13.8 Å². The summed E-state index contributed by atoms with van der Waals surface area (Å²) < 4.78 is 38.2. The molecule has 5 nitrogen and oxygen atoms in total. The number of aromatic nitrogens is 2. The molecule has 0 aliphatic heterocycles. The third-order valence-electron chi connectivity index (χ3n) is 2.49. The van der Waals surface area contributed by atoms with Crippen LogP contribution in [0.2, 0.25) is 0 Å². The van der Waals surface area contributed by atoms with Crippen molar-refractivity contribution in [3.8, 4) is 0 Å². The maximum Gasteiger partial charge on any atom is 0.419 e. The van der Waals surface area contributed by atoms with Gasteiger partial charge in [0.15, 0.2) is 0 Å². The fraction of sp³-hybridized carbons (Fsp3) is 0.636. The number of carbonyl (C=O) groups excluding carboxylic acids is 1. The van der Waals surface area contributed by atoms with Crippen LogP contribution in [-0.4, -0.2) is 27.8 Å². The van der Waals surface area contributed by atoms with Gasteiger partial charge in [-0.05, 0) is 6.42 Å². The van der Waals surface area contributed by atoms with Gasteiger partial charge in [0.05, 0.1) is 17.8 Å². The maximum absolute atomic E-state index is 12.4. The number of carbonyl (C=O) groups is 1. The van der Waals surface area contributed by atoms with Gasteiger partial charge in [0.1, 0.15) is 0 Å². The van der Waals surface area contributed by atoms with Crippen molar-refractivity contribution in [2.75, 3.05) is 0 Å². The zero-order valence-electron chi connectivity index (χ0n) is 10.7. The van der Waals surface area contributed by atoms with E-state index >= 15 is 0 Å². The number of primary amides is 1. The highest BCUT2D eigenvalue weighted by Gasteiger charge is 2.32.